The average molecular weight is 522 g/mol. The summed E-state index contributed by atoms with van der Waals surface area (Å²) >= 11 is 12.1. The minimum Gasteiger partial charge on any atom is -0.504 e. The number of benzene rings is 3. The summed E-state index contributed by atoms with van der Waals surface area (Å²) in [5.41, 5.74) is 3.55. The molecule has 3 aromatic rings. The predicted octanol–water partition coefficient (Wildman–Crippen LogP) is 4.36. The van der Waals surface area contributed by atoms with Crippen molar-refractivity contribution in [3.05, 3.63) is 81.8 Å². The van der Waals surface area contributed by atoms with Gasteiger partial charge in [0.15, 0.2) is 11.5 Å². The molecule has 1 amide bonds. The van der Waals surface area contributed by atoms with Crippen molar-refractivity contribution in [1.82, 2.24) is 5.43 Å². The summed E-state index contributed by atoms with van der Waals surface area (Å²) in [6.07, 6.45) is 1.21. The number of carbonyl (C=O) groups is 1. The second-order valence-electron chi connectivity index (χ2n) is 7.14. The van der Waals surface area contributed by atoms with Crippen LogP contribution in [0, 0.1) is 6.92 Å². The summed E-state index contributed by atoms with van der Waals surface area (Å²) in [7, 11) is -2.74. The number of phenolic OH excluding ortho intramolecular Hbond substituents is 1. The number of halogens is 2. The van der Waals surface area contributed by atoms with Crippen LogP contribution in [0.15, 0.2) is 70.7 Å². The lowest BCUT2D eigenvalue weighted by Crippen LogP contribution is -2.39. The fraction of sp³-hybridized carbons (Fsp3) is 0.130. The highest BCUT2D eigenvalue weighted by Crippen LogP contribution is 2.30. The molecule has 0 aliphatic carbocycles. The van der Waals surface area contributed by atoms with E-state index in [9.17, 15) is 18.3 Å². The summed E-state index contributed by atoms with van der Waals surface area (Å²) < 4.78 is 32.7. The van der Waals surface area contributed by atoms with Crippen molar-refractivity contribution < 1.29 is 23.1 Å². The van der Waals surface area contributed by atoms with Gasteiger partial charge in [-0.1, -0.05) is 47.0 Å². The molecule has 2 N–H and O–H groups in total. The van der Waals surface area contributed by atoms with Crippen LogP contribution in [0.2, 0.25) is 10.0 Å². The monoisotopic (exact) mass is 521 g/mol. The van der Waals surface area contributed by atoms with Gasteiger partial charge in [-0.3, -0.25) is 9.10 Å². The molecule has 8 nitrogen and oxygen atoms in total. The lowest BCUT2D eigenvalue weighted by molar-refractivity contribution is -0.119. The van der Waals surface area contributed by atoms with E-state index in [0.717, 1.165) is 9.87 Å². The minimum atomic E-state index is -4.15. The van der Waals surface area contributed by atoms with E-state index in [0.29, 0.717) is 5.56 Å². The first-order chi connectivity index (χ1) is 16.1. The number of aryl methyl sites for hydroxylation is 1. The molecular formula is C23H21Cl2N3O5S. The van der Waals surface area contributed by atoms with Crippen molar-refractivity contribution in [3.8, 4) is 11.5 Å². The number of nitrogens with one attached hydrogen (secondary N) is 1. The fourth-order valence-corrected chi connectivity index (χ4v) is 4.90. The standard InChI is InChI=1S/C23H21Cl2N3O5S/c1-15-6-8-20(9-7-15)34(31,32)28(19-11-17(24)10-18(25)12-19)14-22(29)27-26-13-16-4-3-5-21(33-2)23(16)30/h3-13,30H,14H2,1-2H3,(H,27,29)/b26-13-. The maximum Gasteiger partial charge on any atom is 0.264 e. The Kier molecular flexibility index (Phi) is 8.03. The Hall–Kier alpha value is -3.27. The van der Waals surface area contributed by atoms with Crippen LogP contribution in [-0.4, -0.2) is 39.3 Å². The van der Waals surface area contributed by atoms with Gasteiger partial charge in [-0.25, -0.2) is 13.8 Å². The Morgan fingerprint density at radius 1 is 1.12 bits per heavy atom. The van der Waals surface area contributed by atoms with Crippen LogP contribution < -0.4 is 14.5 Å². The molecule has 11 heteroatoms. The maximum absolute atomic E-state index is 13.4. The van der Waals surface area contributed by atoms with Gasteiger partial charge in [0.2, 0.25) is 0 Å². The normalized spacial score (nSPS) is 11.4. The fourth-order valence-electron chi connectivity index (χ4n) is 2.98. The molecule has 3 rings (SSSR count). The zero-order valence-corrected chi connectivity index (χ0v) is 20.5. The first-order valence-corrected chi connectivity index (χ1v) is 12.0. The van der Waals surface area contributed by atoms with E-state index in [1.165, 1.54) is 43.7 Å². The Morgan fingerprint density at radius 2 is 1.76 bits per heavy atom. The molecule has 0 spiro atoms. The summed E-state index contributed by atoms with van der Waals surface area (Å²) in [5.74, 6) is -0.644. The van der Waals surface area contributed by atoms with Gasteiger partial charge in [-0.2, -0.15) is 5.10 Å². The Morgan fingerprint density at radius 3 is 2.38 bits per heavy atom. The molecule has 0 aliphatic heterocycles. The van der Waals surface area contributed by atoms with E-state index in [1.54, 1.807) is 30.3 Å². The minimum absolute atomic E-state index is 0.00759. The van der Waals surface area contributed by atoms with Gasteiger partial charge in [0.05, 0.1) is 23.9 Å². The van der Waals surface area contributed by atoms with Crippen LogP contribution in [0.1, 0.15) is 11.1 Å². The molecule has 0 bridgehead atoms. The SMILES string of the molecule is COc1cccc(/C=N\NC(=O)CN(c2cc(Cl)cc(Cl)c2)S(=O)(=O)c2ccc(C)cc2)c1O. The number of nitrogens with zero attached hydrogens (tertiary/aromatic N) is 2. The van der Waals surface area contributed by atoms with Crippen molar-refractivity contribution in [2.75, 3.05) is 18.0 Å². The number of rotatable bonds is 8. The van der Waals surface area contributed by atoms with Crippen molar-refractivity contribution >= 4 is 51.0 Å². The van der Waals surface area contributed by atoms with Gasteiger partial charge in [-0.15, -0.1) is 0 Å². The number of anilines is 1. The van der Waals surface area contributed by atoms with E-state index >= 15 is 0 Å². The molecule has 0 saturated carbocycles. The highest BCUT2D eigenvalue weighted by molar-refractivity contribution is 7.92. The van der Waals surface area contributed by atoms with Crippen LogP contribution in [0.3, 0.4) is 0 Å². The number of aromatic hydroxyl groups is 1. The molecule has 178 valence electrons. The summed E-state index contributed by atoms with van der Waals surface area (Å²) in [6, 6.07) is 15.2. The molecule has 0 radical (unpaired) electrons. The molecule has 0 fully saturated rings. The number of carbonyl (C=O) groups excluding carboxylic acids is 1. The number of hydrazone groups is 1. The molecule has 0 saturated heterocycles. The first kappa shape index (κ1) is 25.4. The van der Waals surface area contributed by atoms with Gasteiger partial charge < -0.3 is 9.84 Å². The number of methoxy groups -OCH3 is 1. The maximum atomic E-state index is 13.4. The zero-order chi connectivity index (χ0) is 24.9. The topological polar surface area (TPSA) is 108 Å². The van der Waals surface area contributed by atoms with Crippen LogP contribution in [0.5, 0.6) is 11.5 Å². The van der Waals surface area contributed by atoms with Gasteiger partial charge in [0.1, 0.15) is 6.54 Å². The molecule has 0 unspecified atom stereocenters. The second kappa shape index (κ2) is 10.8. The van der Waals surface area contributed by atoms with Crippen molar-refractivity contribution in [2.45, 2.75) is 11.8 Å². The molecule has 0 atom stereocenters. The molecule has 34 heavy (non-hydrogen) atoms. The summed E-state index contributed by atoms with van der Waals surface area (Å²) in [4.78, 5) is 12.6. The van der Waals surface area contributed by atoms with Gasteiger partial charge in [-0.05, 0) is 49.4 Å². The van der Waals surface area contributed by atoms with E-state index in [1.807, 2.05) is 6.92 Å². The number of hydrogen-bond donors (Lipinski definition) is 2. The summed E-state index contributed by atoms with van der Waals surface area (Å²) in [5, 5.41) is 14.3. The van der Waals surface area contributed by atoms with Crippen LogP contribution in [0.4, 0.5) is 5.69 Å². The zero-order valence-electron chi connectivity index (χ0n) is 18.2. The molecule has 0 aliphatic rings. The van der Waals surface area contributed by atoms with E-state index in [2.05, 4.69) is 10.5 Å². The number of ether oxygens (including phenoxy) is 1. The quantitative estimate of drug-likeness (QED) is 0.338. The number of hydrogen-bond acceptors (Lipinski definition) is 6. The van der Waals surface area contributed by atoms with Crippen molar-refractivity contribution in [3.63, 3.8) is 0 Å². The Labute approximate surface area is 207 Å². The Balaban J connectivity index is 1.88. The van der Waals surface area contributed by atoms with Crippen LogP contribution >= 0.6 is 23.2 Å². The van der Waals surface area contributed by atoms with Crippen molar-refractivity contribution in [2.24, 2.45) is 5.10 Å². The molecule has 3 aromatic carbocycles. The average Bonchev–Trinajstić information content (AvgIpc) is 2.78. The lowest BCUT2D eigenvalue weighted by atomic mass is 10.2. The second-order valence-corrected chi connectivity index (χ2v) is 9.88. The Bertz CT molecular complexity index is 1310. The number of amides is 1. The molecule has 0 heterocycles. The van der Waals surface area contributed by atoms with E-state index in [4.69, 9.17) is 27.9 Å². The van der Waals surface area contributed by atoms with E-state index in [-0.39, 0.29) is 32.1 Å². The number of para-hydroxylation sites is 1. The molecule has 0 aromatic heterocycles. The lowest BCUT2D eigenvalue weighted by Gasteiger charge is -2.24. The van der Waals surface area contributed by atoms with Crippen molar-refractivity contribution in [1.29, 1.82) is 0 Å². The third-order valence-corrected chi connectivity index (χ3v) is 6.90. The predicted molar refractivity (Wildman–Crippen MR) is 133 cm³/mol. The van der Waals surface area contributed by atoms with Gasteiger partial charge in [0.25, 0.3) is 15.9 Å². The van der Waals surface area contributed by atoms with E-state index < -0.39 is 22.5 Å². The largest absolute Gasteiger partial charge is 0.504 e. The highest BCUT2D eigenvalue weighted by atomic mass is 35.5. The third-order valence-electron chi connectivity index (χ3n) is 4.67. The van der Waals surface area contributed by atoms with Crippen LogP contribution in [-0.2, 0) is 14.8 Å². The van der Waals surface area contributed by atoms with Crippen LogP contribution in [0.25, 0.3) is 0 Å². The third kappa shape index (κ3) is 5.99. The van der Waals surface area contributed by atoms with Gasteiger partial charge in [0, 0.05) is 15.6 Å². The summed E-state index contributed by atoms with van der Waals surface area (Å²) in [6.45, 7) is 1.23. The first-order valence-electron chi connectivity index (χ1n) is 9.85. The smallest absolute Gasteiger partial charge is 0.264 e. The molecular weight excluding hydrogens is 501 g/mol. The number of phenols is 1. The van der Waals surface area contributed by atoms with Gasteiger partial charge >= 0.3 is 0 Å². The highest BCUT2D eigenvalue weighted by Gasteiger charge is 2.27. The number of sulfonamides is 1.